The fourth-order valence-corrected chi connectivity index (χ4v) is 2.72. The normalized spacial score (nSPS) is 24.9. The van der Waals surface area contributed by atoms with Crippen LogP contribution in [0.25, 0.3) is 0 Å². The second kappa shape index (κ2) is 3.98. The van der Waals surface area contributed by atoms with Gasteiger partial charge in [0, 0.05) is 11.9 Å². The number of para-hydroxylation sites is 2. The summed E-state index contributed by atoms with van der Waals surface area (Å²) in [7, 11) is 0. The maximum absolute atomic E-state index is 4.86. The number of nitrogens with one attached hydrogen (secondary N) is 1. The van der Waals surface area contributed by atoms with Crippen LogP contribution in [0.15, 0.2) is 41.0 Å². The molecule has 1 fully saturated rings. The Morgan fingerprint density at radius 2 is 2.06 bits per heavy atom. The first-order valence-corrected chi connectivity index (χ1v) is 6.69. The lowest BCUT2D eigenvalue weighted by Gasteiger charge is -2.38. The SMILES string of the molecule is C[C@@H]1CC2=Nc3ccccc3NC=C2CC1(C)C. The molecule has 0 radical (unpaired) electrons. The third-order valence-corrected chi connectivity index (χ3v) is 4.41. The highest BCUT2D eigenvalue weighted by molar-refractivity contribution is 6.04. The summed E-state index contributed by atoms with van der Waals surface area (Å²) in [5.41, 5.74) is 5.17. The molecule has 94 valence electrons. The van der Waals surface area contributed by atoms with Crippen LogP contribution < -0.4 is 5.32 Å². The molecule has 0 saturated heterocycles. The summed E-state index contributed by atoms with van der Waals surface area (Å²) >= 11 is 0. The van der Waals surface area contributed by atoms with E-state index in [0.717, 1.165) is 24.2 Å². The Bertz CT molecular complexity index is 538. The van der Waals surface area contributed by atoms with Gasteiger partial charge in [0.2, 0.25) is 0 Å². The quantitative estimate of drug-likeness (QED) is 0.708. The fourth-order valence-electron chi connectivity index (χ4n) is 2.72. The highest BCUT2D eigenvalue weighted by Gasteiger charge is 2.35. The number of benzene rings is 1. The van der Waals surface area contributed by atoms with E-state index < -0.39 is 0 Å². The molecule has 0 amide bonds. The molecule has 0 bridgehead atoms. The Balaban J connectivity index is 2.04. The minimum Gasteiger partial charge on any atom is -0.360 e. The number of nitrogens with zero attached hydrogens (tertiary/aromatic N) is 1. The maximum atomic E-state index is 4.86. The second-order valence-corrected chi connectivity index (χ2v) is 6.16. The Labute approximate surface area is 109 Å². The second-order valence-electron chi connectivity index (χ2n) is 6.16. The average molecular weight is 240 g/mol. The summed E-state index contributed by atoms with van der Waals surface area (Å²) in [6, 6.07) is 8.26. The van der Waals surface area contributed by atoms with Crippen LogP contribution in [-0.4, -0.2) is 5.71 Å². The number of hydrogen-bond acceptors (Lipinski definition) is 2. The van der Waals surface area contributed by atoms with Gasteiger partial charge in [-0.15, -0.1) is 0 Å². The van der Waals surface area contributed by atoms with E-state index in [1.165, 1.54) is 11.3 Å². The lowest BCUT2D eigenvalue weighted by Crippen LogP contribution is -2.31. The Morgan fingerprint density at radius 1 is 1.28 bits per heavy atom. The van der Waals surface area contributed by atoms with E-state index in [1.54, 1.807) is 0 Å². The van der Waals surface area contributed by atoms with Gasteiger partial charge in [0.25, 0.3) is 0 Å². The van der Waals surface area contributed by atoms with Gasteiger partial charge in [0.05, 0.1) is 11.4 Å². The largest absolute Gasteiger partial charge is 0.360 e. The van der Waals surface area contributed by atoms with Gasteiger partial charge < -0.3 is 5.32 Å². The van der Waals surface area contributed by atoms with Gasteiger partial charge in [-0.05, 0) is 41.9 Å². The van der Waals surface area contributed by atoms with Crippen molar-refractivity contribution in [3.63, 3.8) is 0 Å². The monoisotopic (exact) mass is 240 g/mol. The molecule has 3 rings (SSSR count). The van der Waals surface area contributed by atoms with E-state index in [1.807, 2.05) is 12.1 Å². The van der Waals surface area contributed by atoms with E-state index in [0.29, 0.717) is 11.3 Å². The molecular weight excluding hydrogens is 220 g/mol. The molecule has 2 heteroatoms. The van der Waals surface area contributed by atoms with Crippen molar-refractivity contribution in [3.05, 3.63) is 36.0 Å². The summed E-state index contributed by atoms with van der Waals surface area (Å²) in [5.74, 6) is 0.679. The van der Waals surface area contributed by atoms with E-state index in [-0.39, 0.29) is 0 Å². The van der Waals surface area contributed by atoms with Crippen molar-refractivity contribution >= 4 is 17.1 Å². The highest BCUT2D eigenvalue weighted by Crippen LogP contribution is 2.43. The molecule has 1 aliphatic carbocycles. The van der Waals surface area contributed by atoms with Crippen LogP contribution in [-0.2, 0) is 0 Å². The van der Waals surface area contributed by atoms with Crippen LogP contribution in [0.2, 0.25) is 0 Å². The van der Waals surface area contributed by atoms with Crippen LogP contribution in [0, 0.1) is 11.3 Å². The third-order valence-electron chi connectivity index (χ3n) is 4.41. The molecule has 0 aromatic heterocycles. The van der Waals surface area contributed by atoms with Crippen molar-refractivity contribution in [1.29, 1.82) is 0 Å². The van der Waals surface area contributed by atoms with Crippen molar-refractivity contribution in [3.8, 4) is 0 Å². The van der Waals surface area contributed by atoms with Gasteiger partial charge in [-0.25, -0.2) is 0 Å². The molecule has 1 atom stereocenters. The summed E-state index contributed by atoms with van der Waals surface area (Å²) in [5, 5.41) is 3.40. The highest BCUT2D eigenvalue weighted by atomic mass is 14.9. The number of allylic oxidation sites excluding steroid dienone is 1. The smallest absolute Gasteiger partial charge is 0.0867 e. The maximum Gasteiger partial charge on any atom is 0.0867 e. The zero-order valence-electron chi connectivity index (χ0n) is 11.3. The molecule has 1 aromatic rings. The van der Waals surface area contributed by atoms with E-state index in [4.69, 9.17) is 4.99 Å². The minimum atomic E-state index is 0.364. The lowest BCUT2D eigenvalue weighted by atomic mass is 9.67. The van der Waals surface area contributed by atoms with Gasteiger partial charge in [-0.3, -0.25) is 4.99 Å². The molecular formula is C16H20N2. The lowest BCUT2D eigenvalue weighted by molar-refractivity contribution is 0.226. The zero-order chi connectivity index (χ0) is 12.8. The van der Waals surface area contributed by atoms with Crippen molar-refractivity contribution in [2.45, 2.75) is 33.6 Å². The Kier molecular flexibility index (Phi) is 2.54. The minimum absolute atomic E-state index is 0.364. The van der Waals surface area contributed by atoms with Crippen molar-refractivity contribution in [2.75, 3.05) is 5.32 Å². The third kappa shape index (κ3) is 1.86. The molecule has 1 saturated carbocycles. The van der Waals surface area contributed by atoms with E-state index >= 15 is 0 Å². The summed E-state index contributed by atoms with van der Waals surface area (Å²) in [4.78, 5) is 4.86. The molecule has 1 N–H and O–H groups in total. The standard InChI is InChI=1S/C16H20N2/c1-11-8-15-12(9-16(11,2)3)10-17-13-6-4-5-7-14(13)18-15/h4-7,10-11,17H,8-9H2,1-3H3/t11-/m1/s1. The Hall–Kier alpha value is -1.57. The van der Waals surface area contributed by atoms with Gasteiger partial charge in [-0.1, -0.05) is 32.9 Å². The fraction of sp³-hybridized carbons (Fsp3) is 0.438. The number of fused-ring (bicyclic) bond motifs is 2. The van der Waals surface area contributed by atoms with Crippen LogP contribution in [0.3, 0.4) is 0 Å². The first-order chi connectivity index (χ1) is 8.56. The van der Waals surface area contributed by atoms with E-state index in [9.17, 15) is 0 Å². The van der Waals surface area contributed by atoms with Crippen LogP contribution in [0.1, 0.15) is 33.6 Å². The van der Waals surface area contributed by atoms with Crippen LogP contribution in [0.4, 0.5) is 11.4 Å². The molecule has 1 aliphatic heterocycles. The molecule has 2 nitrogen and oxygen atoms in total. The zero-order valence-corrected chi connectivity index (χ0v) is 11.3. The number of hydrogen-bond donors (Lipinski definition) is 1. The summed E-state index contributed by atoms with van der Waals surface area (Å²) in [6.07, 6.45) is 4.33. The summed E-state index contributed by atoms with van der Waals surface area (Å²) in [6.45, 7) is 7.05. The van der Waals surface area contributed by atoms with Gasteiger partial charge in [-0.2, -0.15) is 0 Å². The van der Waals surface area contributed by atoms with Crippen LogP contribution in [0.5, 0.6) is 0 Å². The topological polar surface area (TPSA) is 24.4 Å². The van der Waals surface area contributed by atoms with Gasteiger partial charge in [0.1, 0.15) is 0 Å². The first-order valence-electron chi connectivity index (χ1n) is 6.69. The predicted molar refractivity (Wildman–Crippen MR) is 77.4 cm³/mol. The van der Waals surface area contributed by atoms with Gasteiger partial charge >= 0.3 is 0 Å². The number of aliphatic imine (C=N–C) groups is 1. The molecule has 0 unspecified atom stereocenters. The van der Waals surface area contributed by atoms with Crippen molar-refractivity contribution in [2.24, 2.45) is 16.3 Å². The molecule has 1 heterocycles. The van der Waals surface area contributed by atoms with Crippen LogP contribution >= 0.6 is 0 Å². The molecule has 18 heavy (non-hydrogen) atoms. The molecule has 1 aromatic carbocycles. The average Bonchev–Trinajstić information content (AvgIpc) is 2.49. The Morgan fingerprint density at radius 3 is 2.89 bits per heavy atom. The summed E-state index contributed by atoms with van der Waals surface area (Å²) < 4.78 is 0. The van der Waals surface area contributed by atoms with Gasteiger partial charge in [0.15, 0.2) is 0 Å². The first kappa shape index (κ1) is 11.5. The predicted octanol–water partition coefficient (Wildman–Crippen LogP) is 4.52. The van der Waals surface area contributed by atoms with Crippen molar-refractivity contribution in [1.82, 2.24) is 0 Å². The van der Waals surface area contributed by atoms with E-state index in [2.05, 4.69) is 44.4 Å². The molecule has 2 aliphatic rings. The molecule has 0 spiro atoms. The number of anilines is 1. The number of rotatable bonds is 0. The van der Waals surface area contributed by atoms with Crippen molar-refractivity contribution < 1.29 is 0 Å².